The van der Waals surface area contributed by atoms with Crippen LogP contribution in [0.25, 0.3) is 22.0 Å². The predicted molar refractivity (Wildman–Crippen MR) is 140 cm³/mol. The highest BCUT2D eigenvalue weighted by Crippen LogP contribution is 2.50. The Balaban J connectivity index is 1.47. The van der Waals surface area contributed by atoms with E-state index in [4.69, 9.17) is 4.74 Å². The van der Waals surface area contributed by atoms with Gasteiger partial charge < -0.3 is 19.4 Å². The minimum absolute atomic E-state index is 0.0587. The number of carbonyl (C=O) groups excluding carboxylic acids is 2. The first-order valence-corrected chi connectivity index (χ1v) is 12.5. The lowest BCUT2D eigenvalue weighted by Gasteiger charge is -2.38. The highest BCUT2D eigenvalue weighted by molar-refractivity contribution is 6.12. The third-order valence-corrected chi connectivity index (χ3v) is 7.53. The number of anilines is 1. The molecule has 2 aromatic heterocycles. The molecular weight excluding hydrogens is 454 g/mol. The maximum absolute atomic E-state index is 13.6. The number of likely N-dealkylation sites (N-methyl/N-ethyl adjacent to an activating group) is 1. The van der Waals surface area contributed by atoms with Crippen LogP contribution in [0.3, 0.4) is 0 Å². The molecule has 2 aliphatic rings. The molecule has 1 saturated heterocycles. The molecule has 0 bridgehead atoms. The van der Waals surface area contributed by atoms with E-state index >= 15 is 0 Å². The summed E-state index contributed by atoms with van der Waals surface area (Å²) in [6.45, 7) is 4.35. The number of benzene rings is 1. The zero-order chi connectivity index (χ0) is 25.4. The van der Waals surface area contributed by atoms with Gasteiger partial charge in [0, 0.05) is 62.4 Å². The summed E-state index contributed by atoms with van der Waals surface area (Å²) in [6, 6.07) is 10.1. The lowest BCUT2D eigenvalue weighted by molar-refractivity contribution is -0.133. The Kier molecular flexibility index (Phi) is 6.38. The van der Waals surface area contributed by atoms with Crippen molar-refractivity contribution in [2.75, 3.05) is 52.3 Å². The van der Waals surface area contributed by atoms with Crippen molar-refractivity contribution in [3.8, 4) is 17.0 Å². The molecule has 0 atom stereocenters. The van der Waals surface area contributed by atoms with Crippen LogP contribution >= 0.6 is 0 Å². The van der Waals surface area contributed by atoms with Gasteiger partial charge in [0.05, 0.1) is 29.4 Å². The molecule has 0 unspecified atom stereocenters. The quantitative estimate of drug-likeness (QED) is 0.496. The van der Waals surface area contributed by atoms with Crippen LogP contribution in [-0.4, -0.2) is 79.0 Å². The van der Waals surface area contributed by atoms with Crippen molar-refractivity contribution < 1.29 is 14.3 Å². The molecule has 0 saturated carbocycles. The number of rotatable bonds is 6. The van der Waals surface area contributed by atoms with Crippen molar-refractivity contribution in [3.63, 3.8) is 0 Å². The summed E-state index contributed by atoms with van der Waals surface area (Å²) in [7, 11) is 5.92. The Hall–Kier alpha value is -3.52. The first-order chi connectivity index (χ1) is 17.3. The zero-order valence-corrected chi connectivity index (χ0v) is 21.5. The van der Waals surface area contributed by atoms with Crippen LogP contribution < -0.4 is 9.64 Å². The van der Waals surface area contributed by atoms with Gasteiger partial charge in [-0.15, -0.1) is 0 Å². The van der Waals surface area contributed by atoms with Gasteiger partial charge in [0.1, 0.15) is 0 Å². The SMILES string of the molecule is CC(=O)N1CCC2(CC1)C(=O)N(C)c1cnc3ccc(-c4ccc(OCCCN(C)C)nc4)cc3c12. The van der Waals surface area contributed by atoms with E-state index in [-0.39, 0.29) is 11.8 Å². The molecule has 1 spiro atoms. The van der Waals surface area contributed by atoms with Crippen LogP contribution in [0.15, 0.2) is 42.7 Å². The second kappa shape index (κ2) is 9.50. The molecular formula is C28H33N5O3. The smallest absolute Gasteiger partial charge is 0.237 e. The molecule has 2 amide bonds. The van der Waals surface area contributed by atoms with Gasteiger partial charge in [-0.3, -0.25) is 14.6 Å². The average Bonchev–Trinajstić information content (AvgIpc) is 3.09. The summed E-state index contributed by atoms with van der Waals surface area (Å²) in [5, 5.41) is 0.989. The van der Waals surface area contributed by atoms with Gasteiger partial charge in [-0.1, -0.05) is 6.07 Å². The number of carbonyl (C=O) groups is 2. The Morgan fingerprint density at radius 2 is 1.83 bits per heavy atom. The average molecular weight is 488 g/mol. The lowest BCUT2D eigenvalue weighted by atomic mass is 9.72. The van der Waals surface area contributed by atoms with Crippen molar-refractivity contribution in [1.82, 2.24) is 19.8 Å². The van der Waals surface area contributed by atoms with Crippen molar-refractivity contribution >= 4 is 28.4 Å². The van der Waals surface area contributed by atoms with Gasteiger partial charge in [0.15, 0.2) is 0 Å². The van der Waals surface area contributed by atoms with Crippen LogP contribution in [-0.2, 0) is 15.0 Å². The van der Waals surface area contributed by atoms with Gasteiger partial charge in [-0.05, 0) is 57.1 Å². The van der Waals surface area contributed by atoms with Crippen LogP contribution in [0.4, 0.5) is 5.69 Å². The highest BCUT2D eigenvalue weighted by Gasteiger charge is 2.52. The number of fused-ring (bicyclic) bond motifs is 4. The number of hydrogen-bond acceptors (Lipinski definition) is 6. The molecule has 36 heavy (non-hydrogen) atoms. The van der Waals surface area contributed by atoms with Crippen LogP contribution in [0, 0.1) is 0 Å². The normalized spacial score (nSPS) is 16.8. The zero-order valence-electron chi connectivity index (χ0n) is 21.5. The fourth-order valence-corrected chi connectivity index (χ4v) is 5.52. The number of aromatic nitrogens is 2. The number of pyridine rings is 2. The first kappa shape index (κ1) is 24.2. The number of nitrogens with zero attached hydrogens (tertiary/aromatic N) is 5. The van der Waals surface area contributed by atoms with Crippen LogP contribution in [0.2, 0.25) is 0 Å². The molecule has 5 rings (SSSR count). The molecule has 0 N–H and O–H groups in total. The van der Waals surface area contributed by atoms with Crippen LogP contribution in [0.5, 0.6) is 5.88 Å². The van der Waals surface area contributed by atoms with Crippen LogP contribution in [0.1, 0.15) is 31.7 Å². The standard InChI is InChI=1S/C28H33N5O3/c1-19(34)33-13-10-28(11-14-33)26-22-16-20(6-8-23(22)29-18-24(26)32(4)27(28)35)21-7-9-25(30-17-21)36-15-5-12-31(2)3/h6-9,16-18H,5,10-15H2,1-4H3. The minimum atomic E-state index is -0.627. The molecule has 0 radical (unpaired) electrons. The Morgan fingerprint density at radius 3 is 2.50 bits per heavy atom. The van der Waals surface area contributed by atoms with E-state index in [1.807, 2.05) is 62.7 Å². The number of hydrogen-bond donors (Lipinski definition) is 0. The second-order valence-corrected chi connectivity index (χ2v) is 10.1. The number of amides is 2. The topological polar surface area (TPSA) is 78.9 Å². The van der Waals surface area contributed by atoms with Gasteiger partial charge in [0.25, 0.3) is 0 Å². The van der Waals surface area contributed by atoms with E-state index in [9.17, 15) is 9.59 Å². The van der Waals surface area contributed by atoms with Gasteiger partial charge in [0.2, 0.25) is 17.7 Å². The van der Waals surface area contributed by atoms with E-state index < -0.39 is 5.41 Å². The molecule has 4 heterocycles. The van der Waals surface area contributed by atoms with Crippen molar-refractivity contribution in [1.29, 1.82) is 0 Å². The van der Waals surface area contributed by atoms with E-state index in [1.54, 1.807) is 11.8 Å². The minimum Gasteiger partial charge on any atom is -0.478 e. The summed E-state index contributed by atoms with van der Waals surface area (Å²) >= 11 is 0. The van der Waals surface area contributed by atoms with E-state index in [1.165, 1.54) is 0 Å². The largest absolute Gasteiger partial charge is 0.478 e. The molecule has 1 fully saturated rings. The molecule has 1 aromatic carbocycles. The molecule has 8 heteroatoms. The fraction of sp³-hybridized carbons (Fsp3) is 0.429. The Labute approximate surface area is 211 Å². The third kappa shape index (κ3) is 4.19. The number of piperidine rings is 1. The monoisotopic (exact) mass is 487 g/mol. The lowest BCUT2D eigenvalue weighted by Crippen LogP contribution is -2.49. The van der Waals surface area contributed by atoms with E-state index in [0.717, 1.165) is 46.2 Å². The summed E-state index contributed by atoms with van der Waals surface area (Å²) in [4.78, 5) is 40.4. The van der Waals surface area contributed by atoms with Crippen molar-refractivity contribution in [3.05, 3.63) is 48.3 Å². The molecule has 2 aliphatic heterocycles. The second-order valence-electron chi connectivity index (χ2n) is 10.1. The summed E-state index contributed by atoms with van der Waals surface area (Å²) in [5.74, 6) is 0.769. The van der Waals surface area contributed by atoms with Gasteiger partial charge >= 0.3 is 0 Å². The van der Waals surface area contributed by atoms with Gasteiger partial charge in [-0.25, -0.2) is 4.98 Å². The Bertz CT molecular complexity index is 1300. The van der Waals surface area contributed by atoms with Gasteiger partial charge in [-0.2, -0.15) is 0 Å². The molecule has 188 valence electrons. The number of ether oxygens (including phenoxy) is 1. The maximum Gasteiger partial charge on any atom is 0.237 e. The predicted octanol–water partition coefficient (Wildman–Crippen LogP) is 3.48. The van der Waals surface area contributed by atoms with Crippen molar-refractivity contribution in [2.24, 2.45) is 0 Å². The molecule has 3 aromatic rings. The molecule has 8 nitrogen and oxygen atoms in total. The first-order valence-electron chi connectivity index (χ1n) is 12.5. The van der Waals surface area contributed by atoms with E-state index in [0.29, 0.717) is 38.4 Å². The molecule has 0 aliphatic carbocycles. The fourth-order valence-electron chi connectivity index (χ4n) is 5.52. The summed E-state index contributed by atoms with van der Waals surface area (Å²) < 4.78 is 5.78. The van der Waals surface area contributed by atoms with E-state index in [2.05, 4.69) is 20.9 Å². The van der Waals surface area contributed by atoms with Crippen molar-refractivity contribution in [2.45, 2.75) is 31.6 Å². The highest BCUT2D eigenvalue weighted by atomic mass is 16.5. The Morgan fingerprint density at radius 1 is 1.08 bits per heavy atom. The number of likely N-dealkylation sites (tertiary alicyclic amines) is 1. The summed E-state index contributed by atoms with van der Waals surface area (Å²) in [6.07, 6.45) is 5.82. The third-order valence-electron chi connectivity index (χ3n) is 7.53. The summed E-state index contributed by atoms with van der Waals surface area (Å²) in [5.41, 5.74) is 4.14. The maximum atomic E-state index is 13.6.